The summed E-state index contributed by atoms with van der Waals surface area (Å²) in [7, 11) is 1.65. The summed E-state index contributed by atoms with van der Waals surface area (Å²) >= 11 is 0. The highest BCUT2D eigenvalue weighted by molar-refractivity contribution is 5.48. The fraction of sp³-hybridized carbons (Fsp3) is 0.722. The number of piperazine rings is 1. The smallest absolute Gasteiger partial charge is 0.214 e. The van der Waals surface area contributed by atoms with Gasteiger partial charge in [-0.25, -0.2) is 4.98 Å². The fourth-order valence-corrected chi connectivity index (χ4v) is 4.01. The number of nitrogens with zero attached hydrogens (tertiary/aromatic N) is 3. The molecule has 0 spiro atoms. The molecule has 5 nitrogen and oxygen atoms in total. The molecule has 1 aliphatic heterocycles. The molecule has 23 heavy (non-hydrogen) atoms. The van der Waals surface area contributed by atoms with Crippen molar-refractivity contribution in [3.05, 3.63) is 18.3 Å². The van der Waals surface area contributed by atoms with E-state index in [1.54, 1.807) is 13.3 Å². The van der Waals surface area contributed by atoms with Crippen LogP contribution in [0.4, 0.5) is 5.69 Å². The van der Waals surface area contributed by atoms with Crippen LogP contribution in [-0.4, -0.2) is 54.0 Å². The van der Waals surface area contributed by atoms with Crippen LogP contribution in [0.25, 0.3) is 0 Å². The fourth-order valence-electron chi connectivity index (χ4n) is 4.01. The second-order valence-corrected chi connectivity index (χ2v) is 6.90. The molecule has 2 atom stereocenters. The quantitative estimate of drug-likeness (QED) is 0.924. The van der Waals surface area contributed by atoms with Gasteiger partial charge < -0.3 is 14.7 Å². The molecule has 128 valence electrons. The molecule has 1 N–H and O–H groups in total. The SMILES string of the molecule is COc1cc(N2CCN(C(O)C3CCCCC3)C(C)C2)ccn1. The van der Waals surface area contributed by atoms with E-state index in [0.717, 1.165) is 25.3 Å². The van der Waals surface area contributed by atoms with Gasteiger partial charge in [0.05, 0.1) is 7.11 Å². The molecule has 1 saturated heterocycles. The number of aliphatic hydroxyl groups excluding tert-OH is 1. The zero-order valence-corrected chi connectivity index (χ0v) is 14.3. The average Bonchev–Trinajstić information content (AvgIpc) is 2.62. The number of aliphatic hydroxyl groups is 1. The van der Waals surface area contributed by atoms with Crippen molar-refractivity contribution in [2.45, 2.75) is 51.3 Å². The summed E-state index contributed by atoms with van der Waals surface area (Å²) < 4.78 is 5.22. The number of hydrogen-bond acceptors (Lipinski definition) is 5. The predicted molar refractivity (Wildman–Crippen MR) is 91.8 cm³/mol. The summed E-state index contributed by atoms with van der Waals surface area (Å²) in [5, 5.41) is 10.8. The van der Waals surface area contributed by atoms with E-state index in [-0.39, 0.29) is 6.23 Å². The van der Waals surface area contributed by atoms with Gasteiger partial charge >= 0.3 is 0 Å². The molecule has 2 fully saturated rings. The molecule has 3 rings (SSSR count). The van der Waals surface area contributed by atoms with Crippen LogP contribution in [0.5, 0.6) is 5.88 Å². The minimum atomic E-state index is -0.278. The van der Waals surface area contributed by atoms with Crippen LogP contribution in [-0.2, 0) is 0 Å². The molecule has 0 amide bonds. The molecule has 5 heteroatoms. The van der Waals surface area contributed by atoms with Crippen LogP contribution in [0.1, 0.15) is 39.0 Å². The Hall–Kier alpha value is -1.33. The number of aromatic nitrogens is 1. The second kappa shape index (κ2) is 7.49. The Morgan fingerprint density at radius 3 is 2.74 bits per heavy atom. The van der Waals surface area contributed by atoms with Crippen LogP contribution in [0.2, 0.25) is 0 Å². The number of pyridine rings is 1. The Kier molecular flexibility index (Phi) is 5.38. The largest absolute Gasteiger partial charge is 0.481 e. The van der Waals surface area contributed by atoms with E-state index in [4.69, 9.17) is 4.74 Å². The third-order valence-electron chi connectivity index (χ3n) is 5.38. The Bertz CT molecular complexity index is 505. The maximum atomic E-state index is 10.8. The lowest BCUT2D eigenvalue weighted by molar-refractivity contribution is -0.0726. The Morgan fingerprint density at radius 2 is 2.04 bits per heavy atom. The summed E-state index contributed by atoms with van der Waals surface area (Å²) in [5.74, 6) is 1.11. The van der Waals surface area contributed by atoms with Crippen molar-refractivity contribution in [3.63, 3.8) is 0 Å². The lowest BCUT2D eigenvalue weighted by Gasteiger charge is -2.45. The zero-order valence-electron chi connectivity index (χ0n) is 14.3. The van der Waals surface area contributed by atoms with Crippen LogP contribution in [0, 0.1) is 5.92 Å². The van der Waals surface area contributed by atoms with Crippen molar-refractivity contribution in [3.8, 4) is 5.88 Å². The highest BCUT2D eigenvalue weighted by atomic mass is 16.5. The molecule has 2 heterocycles. The number of hydrogen-bond donors (Lipinski definition) is 1. The predicted octanol–water partition coefficient (Wildman–Crippen LogP) is 2.50. The third-order valence-corrected chi connectivity index (χ3v) is 5.38. The lowest BCUT2D eigenvalue weighted by Crippen LogP contribution is -2.57. The third kappa shape index (κ3) is 3.78. The molecule has 1 aromatic heterocycles. The van der Waals surface area contributed by atoms with E-state index in [1.807, 2.05) is 12.1 Å². The van der Waals surface area contributed by atoms with E-state index < -0.39 is 0 Å². The van der Waals surface area contributed by atoms with E-state index in [1.165, 1.54) is 32.1 Å². The first kappa shape index (κ1) is 16.5. The van der Waals surface area contributed by atoms with Crippen molar-refractivity contribution in [1.82, 2.24) is 9.88 Å². The van der Waals surface area contributed by atoms with Gasteiger partial charge in [0.15, 0.2) is 0 Å². The molecule has 2 unspecified atom stereocenters. The zero-order chi connectivity index (χ0) is 16.2. The lowest BCUT2D eigenvalue weighted by atomic mass is 9.87. The summed E-state index contributed by atoms with van der Waals surface area (Å²) in [5.41, 5.74) is 1.15. The van der Waals surface area contributed by atoms with E-state index in [9.17, 15) is 5.11 Å². The van der Waals surface area contributed by atoms with Gasteiger partial charge in [-0.05, 0) is 31.7 Å². The highest BCUT2D eigenvalue weighted by Crippen LogP contribution is 2.30. The molecule has 0 bridgehead atoms. The molecular weight excluding hydrogens is 290 g/mol. The first-order valence-electron chi connectivity index (χ1n) is 8.88. The molecule has 1 saturated carbocycles. The summed E-state index contributed by atoms with van der Waals surface area (Å²) in [4.78, 5) is 8.83. The molecular formula is C18H29N3O2. The maximum absolute atomic E-state index is 10.8. The van der Waals surface area contributed by atoms with Crippen molar-refractivity contribution >= 4 is 5.69 Å². The van der Waals surface area contributed by atoms with Crippen LogP contribution >= 0.6 is 0 Å². The van der Waals surface area contributed by atoms with E-state index in [0.29, 0.717) is 17.8 Å². The summed E-state index contributed by atoms with van der Waals surface area (Å²) in [6.45, 7) is 4.98. The van der Waals surface area contributed by atoms with Gasteiger partial charge in [-0.2, -0.15) is 0 Å². The monoisotopic (exact) mass is 319 g/mol. The van der Waals surface area contributed by atoms with Gasteiger partial charge in [-0.3, -0.25) is 4.90 Å². The van der Waals surface area contributed by atoms with Crippen molar-refractivity contribution < 1.29 is 9.84 Å². The van der Waals surface area contributed by atoms with Crippen molar-refractivity contribution in [2.75, 3.05) is 31.6 Å². The number of anilines is 1. The summed E-state index contributed by atoms with van der Waals surface area (Å²) in [6.07, 6.45) is 7.74. The van der Waals surface area contributed by atoms with Crippen LogP contribution < -0.4 is 9.64 Å². The van der Waals surface area contributed by atoms with Crippen LogP contribution in [0.15, 0.2) is 18.3 Å². The first-order valence-corrected chi connectivity index (χ1v) is 8.88. The van der Waals surface area contributed by atoms with Gasteiger partial charge in [-0.15, -0.1) is 0 Å². The van der Waals surface area contributed by atoms with Gasteiger partial charge in [0.1, 0.15) is 6.23 Å². The van der Waals surface area contributed by atoms with Gasteiger partial charge in [0.25, 0.3) is 0 Å². The number of ether oxygens (including phenoxy) is 1. The van der Waals surface area contributed by atoms with Gasteiger partial charge in [0, 0.05) is 43.6 Å². The normalized spacial score (nSPS) is 25.3. The highest BCUT2D eigenvalue weighted by Gasteiger charge is 2.33. The Balaban J connectivity index is 1.62. The molecule has 1 aliphatic carbocycles. The summed E-state index contributed by atoms with van der Waals surface area (Å²) in [6, 6.07) is 4.36. The number of rotatable bonds is 4. The maximum Gasteiger partial charge on any atom is 0.214 e. The van der Waals surface area contributed by atoms with Gasteiger partial charge in [-0.1, -0.05) is 19.3 Å². The van der Waals surface area contributed by atoms with Gasteiger partial charge in [0.2, 0.25) is 5.88 Å². The topological polar surface area (TPSA) is 48.8 Å². The van der Waals surface area contributed by atoms with Crippen molar-refractivity contribution in [1.29, 1.82) is 0 Å². The first-order chi connectivity index (χ1) is 11.2. The molecule has 0 radical (unpaired) electrons. The Morgan fingerprint density at radius 1 is 1.26 bits per heavy atom. The molecule has 2 aliphatic rings. The van der Waals surface area contributed by atoms with E-state index >= 15 is 0 Å². The minimum Gasteiger partial charge on any atom is -0.481 e. The standard InChI is InChI=1S/C18H29N3O2/c1-14-13-20(16-8-9-19-17(12-16)23-2)10-11-21(14)18(22)15-6-4-3-5-7-15/h8-9,12,14-15,18,22H,3-7,10-11,13H2,1-2H3. The van der Waals surface area contributed by atoms with E-state index in [2.05, 4.69) is 21.7 Å². The van der Waals surface area contributed by atoms with Crippen LogP contribution in [0.3, 0.4) is 0 Å². The minimum absolute atomic E-state index is 0.278. The second-order valence-electron chi connectivity index (χ2n) is 6.90. The number of methoxy groups -OCH3 is 1. The molecule has 0 aromatic carbocycles. The molecule has 1 aromatic rings. The average molecular weight is 319 g/mol. The Labute approximate surface area is 139 Å². The van der Waals surface area contributed by atoms with Crippen molar-refractivity contribution in [2.24, 2.45) is 5.92 Å².